The monoisotopic (exact) mass is 529 g/mol. The van der Waals surface area contributed by atoms with Gasteiger partial charge < -0.3 is 10.2 Å². The Kier molecular flexibility index (Phi) is 8.90. The molecule has 0 heterocycles. The van der Waals surface area contributed by atoms with Crippen LogP contribution >= 0.6 is 27.5 Å². The first-order chi connectivity index (χ1) is 14.5. The SMILES string of the molecule is CCNC(=O)C(C)N(Cc1ccc(Cl)cc1)C(=O)CN(c1cccc(Br)c1)S(C)(=O)=O. The zero-order valence-corrected chi connectivity index (χ0v) is 20.7. The fraction of sp³-hybridized carbons (Fsp3) is 0.333. The molecule has 10 heteroatoms. The average molecular weight is 531 g/mol. The minimum absolute atomic E-state index is 0.129. The molecule has 0 aliphatic rings. The van der Waals surface area contributed by atoms with Gasteiger partial charge in [0, 0.05) is 22.6 Å². The Labute approximate surface area is 196 Å². The van der Waals surface area contributed by atoms with Crippen LogP contribution in [-0.2, 0) is 26.2 Å². The van der Waals surface area contributed by atoms with Gasteiger partial charge in [0.2, 0.25) is 21.8 Å². The van der Waals surface area contributed by atoms with Crippen molar-refractivity contribution in [3.63, 3.8) is 0 Å². The number of amides is 2. The van der Waals surface area contributed by atoms with Gasteiger partial charge in [-0.3, -0.25) is 13.9 Å². The minimum Gasteiger partial charge on any atom is -0.355 e. The summed E-state index contributed by atoms with van der Waals surface area (Å²) in [6, 6.07) is 12.8. The van der Waals surface area contributed by atoms with Crippen molar-refractivity contribution >= 4 is 55.1 Å². The second-order valence-electron chi connectivity index (χ2n) is 6.97. The third-order valence-electron chi connectivity index (χ3n) is 4.56. The maximum absolute atomic E-state index is 13.3. The molecule has 1 atom stereocenters. The van der Waals surface area contributed by atoms with E-state index in [-0.39, 0.29) is 12.5 Å². The average Bonchev–Trinajstić information content (AvgIpc) is 2.70. The summed E-state index contributed by atoms with van der Waals surface area (Å²) in [6.45, 7) is 3.51. The lowest BCUT2D eigenvalue weighted by Gasteiger charge is -2.31. The first-order valence-electron chi connectivity index (χ1n) is 9.57. The molecule has 0 spiro atoms. The number of anilines is 1. The predicted molar refractivity (Wildman–Crippen MR) is 126 cm³/mol. The largest absolute Gasteiger partial charge is 0.355 e. The summed E-state index contributed by atoms with van der Waals surface area (Å²) in [5.41, 5.74) is 1.12. The van der Waals surface area contributed by atoms with Crippen molar-refractivity contribution in [1.29, 1.82) is 0 Å². The second-order valence-corrected chi connectivity index (χ2v) is 10.2. The molecule has 31 heavy (non-hydrogen) atoms. The van der Waals surface area contributed by atoms with E-state index in [0.717, 1.165) is 16.1 Å². The van der Waals surface area contributed by atoms with Crippen LogP contribution in [0.1, 0.15) is 19.4 Å². The van der Waals surface area contributed by atoms with Crippen LogP contribution in [0, 0.1) is 0 Å². The van der Waals surface area contributed by atoms with E-state index in [1.54, 1.807) is 62.4 Å². The molecule has 0 radical (unpaired) electrons. The lowest BCUT2D eigenvalue weighted by atomic mass is 10.1. The smallest absolute Gasteiger partial charge is 0.244 e. The van der Waals surface area contributed by atoms with Crippen molar-refractivity contribution in [3.8, 4) is 0 Å². The Hall–Kier alpha value is -2.10. The molecule has 1 N–H and O–H groups in total. The van der Waals surface area contributed by atoms with E-state index < -0.39 is 28.5 Å². The second kappa shape index (κ2) is 11.0. The molecular weight excluding hydrogens is 506 g/mol. The zero-order valence-electron chi connectivity index (χ0n) is 17.5. The number of nitrogens with zero attached hydrogens (tertiary/aromatic N) is 2. The number of sulfonamides is 1. The van der Waals surface area contributed by atoms with Gasteiger partial charge in [0.05, 0.1) is 11.9 Å². The highest BCUT2D eigenvalue weighted by Crippen LogP contribution is 2.23. The molecule has 0 aliphatic heterocycles. The first kappa shape index (κ1) is 25.2. The van der Waals surface area contributed by atoms with Crippen LogP contribution in [0.2, 0.25) is 5.02 Å². The summed E-state index contributed by atoms with van der Waals surface area (Å²) >= 11 is 9.26. The van der Waals surface area contributed by atoms with Crippen LogP contribution in [0.3, 0.4) is 0 Å². The van der Waals surface area contributed by atoms with E-state index in [0.29, 0.717) is 21.7 Å². The summed E-state index contributed by atoms with van der Waals surface area (Å²) in [7, 11) is -3.75. The maximum atomic E-state index is 13.3. The van der Waals surface area contributed by atoms with E-state index in [9.17, 15) is 18.0 Å². The standard InChI is InChI=1S/C21H25BrClN3O4S/c1-4-24-21(28)15(2)25(13-16-8-10-18(23)11-9-16)20(27)14-26(31(3,29)30)19-7-5-6-17(22)12-19/h5-12,15H,4,13-14H2,1-3H3,(H,24,28). The molecule has 1 unspecified atom stereocenters. The van der Waals surface area contributed by atoms with Gasteiger partial charge in [0.15, 0.2) is 0 Å². The Morgan fingerprint density at radius 1 is 1.16 bits per heavy atom. The highest BCUT2D eigenvalue weighted by Gasteiger charge is 2.29. The molecule has 0 saturated heterocycles. The van der Waals surface area contributed by atoms with Gasteiger partial charge in [-0.05, 0) is 49.7 Å². The molecule has 0 bridgehead atoms. The third-order valence-corrected chi connectivity index (χ3v) is 6.45. The molecule has 2 amide bonds. The van der Waals surface area contributed by atoms with Gasteiger partial charge >= 0.3 is 0 Å². The number of halogens is 2. The van der Waals surface area contributed by atoms with Gasteiger partial charge in [-0.25, -0.2) is 8.42 Å². The number of benzene rings is 2. The topological polar surface area (TPSA) is 86.8 Å². The van der Waals surface area contributed by atoms with Crippen LogP contribution < -0.4 is 9.62 Å². The van der Waals surface area contributed by atoms with Crippen molar-refractivity contribution in [2.75, 3.05) is 23.7 Å². The third kappa shape index (κ3) is 7.22. The molecule has 2 aromatic carbocycles. The zero-order chi connectivity index (χ0) is 23.2. The predicted octanol–water partition coefficient (Wildman–Crippen LogP) is 3.42. The number of hydrogen-bond donors (Lipinski definition) is 1. The van der Waals surface area contributed by atoms with Crippen molar-refractivity contribution in [1.82, 2.24) is 10.2 Å². The molecule has 2 rings (SSSR count). The fourth-order valence-electron chi connectivity index (χ4n) is 2.94. The fourth-order valence-corrected chi connectivity index (χ4v) is 4.29. The summed E-state index contributed by atoms with van der Waals surface area (Å²) in [5.74, 6) is -0.822. The normalized spacial score (nSPS) is 12.2. The Morgan fingerprint density at radius 3 is 2.35 bits per heavy atom. The number of likely N-dealkylation sites (N-methyl/N-ethyl adjacent to an activating group) is 1. The van der Waals surface area contributed by atoms with Gasteiger partial charge in [0.25, 0.3) is 0 Å². The number of rotatable bonds is 9. The molecule has 0 aliphatic carbocycles. The highest BCUT2D eigenvalue weighted by molar-refractivity contribution is 9.10. The first-order valence-corrected chi connectivity index (χ1v) is 12.6. The van der Waals surface area contributed by atoms with Crippen LogP contribution in [0.4, 0.5) is 5.69 Å². The van der Waals surface area contributed by atoms with Gasteiger partial charge in [-0.1, -0.05) is 45.7 Å². The summed E-state index contributed by atoms with van der Waals surface area (Å²) in [5, 5.41) is 3.26. The number of carbonyl (C=O) groups is 2. The van der Waals surface area contributed by atoms with Crippen LogP contribution in [0.25, 0.3) is 0 Å². The molecular formula is C21H25BrClN3O4S. The van der Waals surface area contributed by atoms with Crippen molar-refractivity contribution in [3.05, 3.63) is 63.6 Å². The molecule has 0 fully saturated rings. The minimum atomic E-state index is -3.75. The molecule has 7 nitrogen and oxygen atoms in total. The summed E-state index contributed by atoms with van der Waals surface area (Å²) in [4.78, 5) is 27.1. The van der Waals surface area contributed by atoms with Crippen molar-refractivity contribution < 1.29 is 18.0 Å². The Morgan fingerprint density at radius 2 is 1.81 bits per heavy atom. The Balaban J connectivity index is 2.37. The Bertz CT molecular complexity index is 1030. The molecule has 168 valence electrons. The highest BCUT2D eigenvalue weighted by atomic mass is 79.9. The molecule has 2 aromatic rings. The van der Waals surface area contributed by atoms with E-state index in [4.69, 9.17) is 11.6 Å². The van der Waals surface area contributed by atoms with Gasteiger partial charge in [0.1, 0.15) is 12.6 Å². The van der Waals surface area contributed by atoms with Crippen molar-refractivity contribution in [2.45, 2.75) is 26.4 Å². The molecule has 0 aromatic heterocycles. The van der Waals surface area contributed by atoms with Crippen molar-refractivity contribution in [2.24, 2.45) is 0 Å². The molecule has 0 saturated carbocycles. The lowest BCUT2D eigenvalue weighted by molar-refractivity contribution is -0.139. The van der Waals surface area contributed by atoms with Crippen LogP contribution in [-0.4, -0.2) is 50.5 Å². The quantitative estimate of drug-likeness (QED) is 0.538. The van der Waals surface area contributed by atoms with Crippen LogP contribution in [0.15, 0.2) is 53.0 Å². The number of nitrogens with one attached hydrogen (secondary N) is 1. The maximum Gasteiger partial charge on any atom is 0.244 e. The van der Waals surface area contributed by atoms with Gasteiger partial charge in [-0.2, -0.15) is 0 Å². The number of hydrogen-bond acceptors (Lipinski definition) is 4. The summed E-state index contributed by atoms with van der Waals surface area (Å²) < 4.78 is 26.6. The number of carbonyl (C=O) groups excluding carboxylic acids is 2. The van der Waals surface area contributed by atoms with Crippen LogP contribution in [0.5, 0.6) is 0 Å². The van der Waals surface area contributed by atoms with Gasteiger partial charge in [-0.15, -0.1) is 0 Å². The van der Waals surface area contributed by atoms with E-state index >= 15 is 0 Å². The lowest BCUT2D eigenvalue weighted by Crippen LogP contribution is -2.51. The van der Waals surface area contributed by atoms with E-state index in [2.05, 4.69) is 21.2 Å². The summed E-state index contributed by atoms with van der Waals surface area (Å²) in [6.07, 6.45) is 1.04. The van der Waals surface area contributed by atoms with E-state index in [1.165, 1.54) is 4.90 Å². The van der Waals surface area contributed by atoms with E-state index in [1.807, 2.05) is 0 Å².